The zero-order valence-electron chi connectivity index (χ0n) is 17.6. The normalized spacial score (nSPS) is 14.2. The minimum atomic E-state index is -0.0420. The average molecular weight is 411 g/mol. The third-order valence-electron chi connectivity index (χ3n) is 5.13. The fourth-order valence-electron chi connectivity index (χ4n) is 3.38. The predicted octanol–water partition coefficient (Wildman–Crippen LogP) is 3.29. The van der Waals surface area contributed by atoms with Crippen molar-refractivity contribution in [3.8, 4) is 11.5 Å². The van der Waals surface area contributed by atoms with E-state index in [1.54, 1.807) is 4.90 Å². The fourth-order valence-corrected chi connectivity index (χ4v) is 3.38. The summed E-state index contributed by atoms with van der Waals surface area (Å²) in [7, 11) is 0. The molecule has 1 aliphatic heterocycles. The fraction of sp³-hybridized carbons (Fsp3) is 0.417. The summed E-state index contributed by atoms with van der Waals surface area (Å²) in [6, 6.07) is 17.2. The van der Waals surface area contributed by atoms with Crippen molar-refractivity contribution < 1.29 is 19.1 Å². The summed E-state index contributed by atoms with van der Waals surface area (Å²) < 4.78 is 11.3. The molecule has 0 atom stereocenters. The van der Waals surface area contributed by atoms with Crippen molar-refractivity contribution in [2.24, 2.45) is 0 Å². The first-order valence-electron chi connectivity index (χ1n) is 10.5. The zero-order chi connectivity index (χ0) is 21.2. The topological polar surface area (TPSA) is 59.1 Å². The quantitative estimate of drug-likeness (QED) is 0.627. The van der Waals surface area contributed by atoms with E-state index < -0.39 is 0 Å². The van der Waals surface area contributed by atoms with Crippen LogP contribution in [0.1, 0.15) is 24.8 Å². The molecule has 0 bridgehead atoms. The molecule has 6 nitrogen and oxygen atoms in total. The van der Waals surface area contributed by atoms with Crippen molar-refractivity contribution in [3.63, 3.8) is 0 Å². The van der Waals surface area contributed by atoms with Gasteiger partial charge in [-0.3, -0.25) is 9.59 Å². The van der Waals surface area contributed by atoms with Gasteiger partial charge >= 0.3 is 0 Å². The number of para-hydroxylation sites is 1. The highest BCUT2D eigenvalue weighted by Gasteiger charge is 2.22. The van der Waals surface area contributed by atoms with Crippen LogP contribution in [-0.2, 0) is 9.59 Å². The summed E-state index contributed by atoms with van der Waals surface area (Å²) >= 11 is 0. The number of amides is 2. The van der Waals surface area contributed by atoms with E-state index in [-0.39, 0.29) is 18.4 Å². The number of rotatable bonds is 8. The Labute approximate surface area is 178 Å². The van der Waals surface area contributed by atoms with Gasteiger partial charge in [0.25, 0.3) is 5.91 Å². The molecule has 1 fully saturated rings. The molecule has 0 aliphatic carbocycles. The molecule has 0 aromatic heterocycles. The molecule has 0 N–H and O–H groups in total. The number of carbonyl (C=O) groups excluding carboxylic acids is 2. The van der Waals surface area contributed by atoms with Gasteiger partial charge in [-0.05, 0) is 44.0 Å². The summed E-state index contributed by atoms with van der Waals surface area (Å²) in [6.45, 7) is 5.02. The van der Waals surface area contributed by atoms with Crippen LogP contribution in [0.3, 0.4) is 0 Å². The highest BCUT2D eigenvalue weighted by atomic mass is 16.5. The Morgan fingerprint density at radius 1 is 0.800 bits per heavy atom. The van der Waals surface area contributed by atoms with Crippen molar-refractivity contribution in [2.75, 3.05) is 39.4 Å². The average Bonchev–Trinajstić information content (AvgIpc) is 3.03. The summed E-state index contributed by atoms with van der Waals surface area (Å²) in [5, 5.41) is 0. The second-order valence-electron chi connectivity index (χ2n) is 7.48. The molecule has 6 heteroatoms. The van der Waals surface area contributed by atoms with Crippen LogP contribution in [0.4, 0.5) is 0 Å². The van der Waals surface area contributed by atoms with E-state index in [9.17, 15) is 9.59 Å². The Morgan fingerprint density at radius 3 is 2.13 bits per heavy atom. The molecule has 3 rings (SSSR count). The molecule has 0 radical (unpaired) electrons. The summed E-state index contributed by atoms with van der Waals surface area (Å²) in [4.78, 5) is 28.6. The molecular weight excluding hydrogens is 380 g/mol. The highest BCUT2D eigenvalue weighted by Crippen LogP contribution is 2.13. The maximum Gasteiger partial charge on any atom is 0.260 e. The van der Waals surface area contributed by atoms with Gasteiger partial charge in [0.1, 0.15) is 11.5 Å². The Hall–Kier alpha value is -3.02. The molecule has 160 valence electrons. The maximum atomic E-state index is 12.5. The van der Waals surface area contributed by atoms with Crippen LogP contribution >= 0.6 is 0 Å². The Morgan fingerprint density at radius 2 is 1.43 bits per heavy atom. The van der Waals surface area contributed by atoms with Gasteiger partial charge < -0.3 is 19.3 Å². The molecular formula is C24H30N2O4. The van der Waals surface area contributed by atoms with Crippen LogP contribution in [0.25, 0.3) is 0 Å². The molecule has 1 saturated heterocycles. The van der Waals surface area contributed by atoms with E-state index in [0.717, 1.165) is 12.2 Å². The summed E-state index contributed by atoms with van der Waals surface area (Å²) in [5.74, 6) is 1.59. The van der Waals surface area contributed by atoms with E-state index in [2.05, 4.69) is 0 Å². The molecule has 0 spiro atoms. The third kappa shape index (κ3) is 6.79. The van der Waals surface area contributed by atoms with Gasteiger partial charge in [-0.25, -0.2) is 0 Å². The van der Waals surface area contributed by atoms with Crippen molar-refractivity contribution in [3.05, 3.63) is 60.2 Å². The SMILES string of the molecule is Cc1ccc(OCCCC(=O)N2CCCN(C(=O)COc3ccccc3)CC2)cc1. The molecule has 1 aliphatic rings. The standard InChI is InChI=1S/C24H30N2O4/c1-20-10-12-22(13-11-20)29-18-5-9-23(27)25-14-6-15-26(17-16-25)24(28)19-30-21-7-3-2-4-8-21/h2-4,7-8,10-13H,5-6,9,14-19H2,1H3. The van der Waals surface area contributed by atoms with Crippen molar-refractivity contribution in [1.82, 2.24) is 9.80 Å². The van der Waals surface area contributed by atoms with Crippen LogP contribution in [0.5, 0.6) is 11.5 Å². The van der Waals surface area contributed by atoms with Gasteiger partial charge in [0, 0.05) is 32.6 Å². The molecule has 2 amide bonds. The minimum Gasteiger partial charge on any atom is -0.494 e. The van der Waals surface area contributed by atoms with Crippen LogP contribution in [0.15, 0.2) is 54.6 Å². The predicted molar refractivity (Wildman–Crippen MR) is 116 cm³/mol. The lowest BCUT2D eigenvalue weighted by Gasteiger charge is -2.22. The number of ether oxygens (including phenoxy) is 2. The lowest BCUT2D eigenvalue weighted by atomic mass is 10.2. The van der Waals surface area contributed by atoms with E-state index in [0.29, 0.717) is 51.4 Å². The van der Waals surface area contributed by atoms with Crippen LogP contribution < -0.4 is 9.47 Å². The first kappa shape index (κ1) is 21.7. The van der Waals surface area contributed by atoms with Gasteiger partial charge in [0.15, 0.2) is 6.61 Å². The number of hydrogen-bond acceptors (Lipinski definition) is 4. The maximum absolute atomic E-state index is 12.5. The van der Waals surface area contributed by atoms with Crippen LogP contribution in [0.2, 0.25) is 0 Å². The first-order valence-corrected chi connectivity index (χ1v) is 10.5. The number of aryl methyl sites for hydroxylation is 1. The van der Waals surface area contributed by atoms with Gasteiger partial charge in [-0.2, -0.15) is 0 Å². The third-order valence-corrected chi connectivity index (χ3v) is 5.13. The molecule has 2 aromatic rings. The highest BCUT2D eigenvalue weighted by molar-refractivity contribution is 5.78. The molecule has 1 heterocycles. The minimum absolute atomic E-state index is 0.0221. The number of hydrogen-bond donors (Lipinski definition) is 0. The van der Waals surface area contributed by atoms with Gasteiger partial charge in [-0.15, -0.1) is 0 Å². The molecule has 0 saturated carbocycles. The first-order chi connectivity index (χ1) is 14.6. The monoisotopic (exact) mass is 410 g/mol. The van der Waals surface area contributed by atoms with Crippen LogP contribution in [0, 0.1) is 6.92 Å². The van der Waals surface area contributed by atoms with Crippen molar-refractivity contribution >= 4 is 11.8 Å². The van der Waals surface area contributed by atoms with Gasteiger partial charge in [0.2, 0.25) is 5.91 Å². The Kier molecular flexibility index (Phi) is 8.12. The van der Waals surface area contributed by atoms with E-state index in [4.69, 9.17) is 9.47 Å². The lowest BCUT2D eigenvalue weighted by molar-refractivity contribution is -0.134. The second-order valence-corrected chi connectivity index (χ2v) is 7.48. The Balaban J connectivity index is 1.35. The van der Waals surface area contributed by atoms with Gasteiger partial charge in [-0.1, -0.05) is 35.9 Å². The molecule has 2 aromatic carbocycles. The number of benzene rings is 2. The van der Waals surface area contributed by atoms with E-state index in [1.165, 1.54) is 5.56 Å². The smallest absolute Gasteiger partial charge is 0.260 e. The second kappa shape index (κ2) is 11.2. The van der Waals surface area contributed by atoms with Crippen LogP contribution in [-0.4, -0.2) is 61.0 Å². The van der Waals surface area contributed by atoms with E-state index >= 15 is 0 Å². The summed E-state index contributed by atoms with van der Waals surface area (Å²) in [6.07, 6.45) is 1.91. The Bertz CT molecular complexity index is 808. The van der Waals surface area contributed by atoms with Crippen molar-refractivity contribution in [2.45, 2.75) is 26.2 Å². The molecule has 0 unspecified atom stereocenters. The summed E-state index contributed by atoms with van der Waals surface area (Å²) in [5.41, 5.74) is 1.19. The lowest BCUT2D eigenvalue weighted by Crippen LogP contribution is -2.39. The molecule has 30 heavy (non-hydrogen) atoms. The largest absolute Gasteiger partial charge is 0.494 e. The van der Waals surface area contributed by atoms with E-state index in [1.807, 2.05) is 66.4 Å². The van der Waals surface area contributed by atoms with Crippen molar-refractivity contribution in [1.29, 1.82) is 0 Å². The zero-order valence-corrected chi connectivity index (χ0v) is 17.6. The number of nitrogens with zero attached hydrogens (tertiary/aromatic N) is 2. The van der Waals surface area contributed by atoms with Gasteiger partial charge in [0.05, 0.1) is 6.61 Å². The number of carbonyl (C=O) groups is 2.